The molecule has 2 aliphatic heterocycles. The van der Waals surface area contributed by atoms with Gasteiger partial charge >= 0.3 is 0 Å². The second kappa shape index (κ2) is 8.43. The smallest absolute Gasteiger partial charge is 0.123 e. The molecule has 1 aromatic rings. The zero-order valence-electron chi connectivity index (χ0n) is 14.1. The summed E-state index contributed by atoms with van der Waals surface area (Å²) in [7, 11) is 0. The minimum absolute atomic E-state index is 0. The highest BCUT2D eigenvalue weighted by Gasteiger charge is 2.31. The Morgan fingerprint density at radius 1 is 1.09 bits per heavy atom. The predicted octanol–water partition coefficient (Wildman–Crippen LogP) is 2.75. The van der Waals surface area contributed by atoms with E-state index in [0.717, 1.165) is 32.7 Å². The molecule has 2 fully saturated rings. The van der Waals surface area contributed by atoms with E-state index in [9.17, 15) is 4.39 Å². The number of rotatable bonds is 4. The van der Waals surface area contributed by atoms with Crippen LogP contribution >= 0.6 is 12.4 Å². The Bertz CT molecular complexity index is 474. The van der Waals surface area contributed by atoms with E-state index in [0.29, 0.717) is 5.41 Å². The first-order chi connectivity index (χ1) is 10.6. The van der Waals surface area contributed by atoms with Crippen LogP contribution < -0.4 is 5.32 Å². The molecule has 0 spiro atoms. The highest BCUT2D eigenvalue weighted by atomic mass is 35.5. The Morgan fingerprint density at radius 2 is 1.78 bits per heavy atom. The van der Waals surface area contributed by atoms with Crippen molar-refractivity contribution in [2.45, 2.75) is 26.3 Å². The first-order valence-electron chi connectivity index (χ1n) is 8.53. The van der Waals surface area contributed by atoms with Gasteiger partial charge < -0.3 is 10.2 Å². The number of halogens is 2. The minimum Gasteiger partial charge on any atom is -0.316 e. The summed E-state index contributed by atoms with van der Waals surface area (Å²) < 4.78 is 13.0. The maximum Gasteiger partial charge on any atom is 0.123 e. The minimum atomic E-state index is -0.149. The summed E-state index contributed by atoms with van der Waals surface area (Å²) >= 11 is 0. The first-order valence-corrected chi connectivity index (χ1v) is 8.53. The monoisotopic (exact) mass is 341 g/mol. The van der Waals surface area contributed by atoms with Crippen LogP contribution in [0.1, 0.15) is 25.3 Å². The summed E-state index contributed by atoms with van der Waals surface area (Å²) in [5.41, 5.74) is 1.66. The van der Waals surface area contributed by atoms with Gasteiger partial charge in [0.05, 0.1) is 0 Å². The highest BCUT2D eigenvalue weighted by molar-refractivity contribution is 5.85. The largest absolute Gasteiger partial charge is 0.316 e. The molecule has 0 radical (unpaired) electrons. The van der Waals surface area contributed by atoms with Gasteiger partial charge in [-0.1, -0.05) is 19.1 Å². The van der Waals surface area contributed by atoms with E-state index in [4.69, 9.17) is 0 Å². The molecule has 0 amide bonds. The van der Waals surface area contributed by atoms with E-state index >= 15 is 0 Å². The molecule has 5 heteroatoms. The molecule has 0 aliphatic carbocycles. The van der Waals surface area contributed by atoms with Gasteiger partial charge in [-0.15, -0.1) is 12.4 Å². The second-order valence-electron chi connectivity index (χ2n) is 7.27. The molecule has 3 nitrogen and oxygen atoms in total. The van der Waals surface area contributed by atoms with Crippen molar-refractivity contribution < 1.29 is 4.39 Å². The first kappa shape index (κ1) is 18.7. The Hall–Kier alpha value is -0.680. The second-order valence-corrected chi connectivity index (χ2v) is 7.27. The molecule has 2 aliphatic rings. The molecule has 3 rings (SSSR count). The van der Waals surface area contributed by atoms with Crippen molar-refractivity contribution in [3.05, 3.63) is 35.6 Å². The maximum absolute atomic E-state index is 13.0. The van der Waals surface area contributed by atoms with Crippen LogP contribution in [0.3, 0.4) is 0 Å². The zero-order valence-corrected chi connectivity index (χ0v) is 14.9. The summed E-state index contributed by atoms with van der Waals surface area (Å²) in [5.74, 6) is -0.149. The summed E-state index contributed by atoms with van der Waals surface area (Å²) in [6.45, 7) is 11.5. The molecule has 2 saturated heterocycles. The van der Waals surface area contributed by atoms with E-state index < -0.39 is 0 Å². The molecule has 0 aromatic heterocycles. The molecule has 1 unspecified atom stereocenters. The molecule has 1 aromatic carbocycles. The highest BCUT2D eigenvalue weighted by Crippen LogP contribution is 2.26. The molecule has 23 heavy (non-hydrogen) atoms. The van der Waals surface area contributed by atoms with Crippen molar-refractivity contribution in [2.75, 3.05) is 45.8 Å². The normalized spacial score (nSPS) is 26.7. The van der Waals surface area contributed by atoms with Gasteiger partial charge in [0.15, 0.2) is 0 Å². The van der Waals surface area contributed by atoms with Gasteiger partial charge in [0, 0.05) is 32.7 Å². The lowest BCUT2D eigenvalue weighted by Gasteiger charge is -2.31. The lowest BCUT2D eigenvalue weighted by Crippen LogP contribution is -2.39. The average molecular weight is 342 g/mol. The van der Waals surface area contributed by atoms with E-state index in [1.807, 2.05) is 12.1 Å². The van der Waals surface area contributed by atoms with Crippen LogP contribution in [0.4, 0.5) is 4.39 Å². The third kappa shape index (κ3) is 5.42. The Labute approximate surface area is 145 Å². The van der Waals surface area contributed by atoms with E-state index in [-0.39, 0.29) is 18.2 Å². The number of benzene rings is 1. The Balaban J connectivity index is 0.00000192. The predicted molar refractivity (Wildman–Crippen MR) is 95.6 cm³/mol. The molecule has 0 bridgehead atoms. The van der Waals surface area contributed by atoms with E-state index in [1.165, 1.54) is 38.0 Å². The topological polar surface area (TPSA) is 18.5 Å². The van der Waals surface area contributed by atoms with Crippen LogP contribution in [0.5, 0.6) is 0 Å². The molecule has 1 N–H and O–H groups in total. The quantitative estimate of drug-likeness (QED) is 0.908. The van der Waals surface area contributed by atoms with Crippen LogP contribution in [0, 0.1) is 11.2 Å². The fourth-order valence-electron chi connectivity index (χ4n) is 3.73. The molecule has 0 saturated carbocycles. The molecule has 2 heterocycles. The van der Waals surface area contributed by atoms with Gasteiger partial charge in [-0.25, -0.2) is 4.39 Å². The third-order valence-electron chi connectivity index (χ3n) is 5.06. The van der Waals surface area contributed by atoms with Crippen molar-refractivity contribution >= 4 is 12.4 Å². The standard InChI is InChI=1S/C18H28FN3.ClH/c1-18(7-8-20-14-18)15-22-10-2-9-21(11-12-22)13-16-3-5-17(19)6-4-16;/h3-6,20H,2,7-15H2,1H3;1H. The van der Waals surface area contributed by atoms with Crippen LogP contribution in [0.15, 0.2) is 24.3 Å². The van der Waals surface area contributed by atoms with Gasteiger partial charge in [-0.05, 0) is 55.6 Å². The van der Waals surface area contributed by atoms with Crippen molar-refractivity contribution in [3.63, 3.8) is 0 Å². The maximum atomic E-state index is 13.0. The van der Waals surface area contributed by atoms with Crippen LogP contribution in [0.2, 0.25) is 0 Å². The van der Waals surface area contributed by atoms with Crippen molar-refractivity contribution in [2.24, 2.45) is 5.41 Å². The van der Waals surface area contributed by atoms with Gasteiger partial charge in [-0.3, -0.25) is 4.90 Å². The summed E-state index contributed by atoms with van der Waals surface area (Å²) in [5, 5.41) is 3.50. The van der Waals surface area contributed by atoms with Gasteiger partial charge in [-0.2, -0.15) is 0 Å². The summed E-state index contributed by atoms with van der Waals surface area (Å²) in [6.07, 6.45) is 2.52. The number of nitrogens with one attached hydrogen (secondary N) is 1. The average Bonchev–Trinajstić information content (AvgIpc) is 2.81. The Kier molecular flexibility index (Phi) is 6.84. The van der Waals surface area contributed by atoms with Gasteiger partial charge in [0.25, 0.3) is 0 Å². The van der Waals surface area contributed by atoms with Crippen LogP contribution in [-0.4, -0.2) is 55.6 Å². The Morgan fingerprint density at radius 3 is 2.48 bits per heavy atom. The summed E-state index contributed by atoms with van der Waals surface area (Å²) in [6, 6.07) is 6.94. The lowest BCUT2D eigenvalue weighted by molar-refractivity contribution is 0.178. The number of nitrogens with zero attached hydrogens (tertiary/aromatic N) is 2. The fourth-order valence-corrected chi connectivity index (χ4v) is 3.73. The fraction of sp³-hybridized carbons (Fsp3) is 0.667. The molecule has 1 atom stereocenters. The third-order valence-corrected chi connectivity index (χ3v) is 5.06. The van der Waals surface area contributed by atoms with Crippen molar-refractivity contribution in [3.8, 4) is 0 Å². The van der Waals surface area contributed by atoms with Gasteiger partial charge in [0.2, 0.25) is 0 Å². The van der Waals surface area contributed by atoms with Crippen molar-refractivity contribution in [1.29, 1.82) is 0 Å². The van der Waals surface area contributed by atoms with Crippen molar-refractivity contribution in [1.82, 2.24) is 15.1 Å². The molecule has 130 valence electrons. The number of hydrogen-bond donors (Lipinski definition) is 1. The SMILES string of the molecule is CC1(CN2CCCN(Cc3ccc(F)cc3)CC2)CCNC1.Cl. The van der Waals surface area contributed by atoms with Crippen LogP contribution in [-0.2, 0) is 6.54 Å². The van der Waals surface area contributed by atoms with Crippen LogP contribution in [0.25, 0.3) is 0 Å². The number of hydrogen-bond acceptors (Lipinski definition) is 3. The molecular weight excluding hydrogens is 313 g/mol. The van der Waals surface area contributed by atoms with Gasteiger partial charge in [0.1, 0.15) is 5.82 Å². The lowest BCUT2D eigenvalue weighted by atomic mass is 9.89. The zero-order chi connectivity index (χ0) is 15.4. The molecular formula is C18H29ClFN3. The van der Waals surface area contributed by atoms with E-state index in [1.54, 1.807) is 12.1 Å². The summed E-state index contributed by atoms with van der Waals surface area (Å²) in [4.78, 5) is 5.14. The van der Waals surface area contributed by atoms with E-state index in [2.05, 4.69) is 22.0 Å².